The summed E-state index contributed by atoms with van der Waals surface area (Å²) in [5.74, 6) is -0.0125. The second kappa shape index (κ2) is 76.8. The molecule has 6 nitrogen and oxygen atoms in total. The monoisotopic (exact) mass is 1220 g/mol. The smallest absolute Gasteiger partial charge is 0.305 e. The lowest BCUT2D eigenvalue weighted by atomic mass is 10.0. The summed E-state index contributed by atoms with van der Waals surface area (Å²) in [5, 5.41) is 23.5. The van der Waals surface area contributed by atoms with E-state index in [0.29, 0.717) is 25.9 Å². The quantitative estimate of drug-likeness (QED) is 0.0320. The number of hydrogen-bond acceptors (Lipinski definition) is 5. The van der Waals surface area contributed by atoms with Crippen LogP contribution in [0.15, 0.2) is 24.3 Å². The standard InChI is InChI=1S/C81H157NO5/c1-3-5-7-9-11-13-15-17-19-21-23-24-32-35-38-41-45-49-53-57-61-65-69-73-79(84)78(77-83)82-80(85)74-70-66-62-58-54-50-46-42-39-36-33-30-28-26-25-27-29-31-34-37-40-44-48-52-56-60-64-68-72-76-87-81(86)75-71-67-63-59-55-51-47-43-22-20-18-16-14-12-10-8-6-4-2/h14,16,20,22,78-79,83-84H,3-13,15,17-19,21,23-77H2,1-2H3,(H,82,85)/b16-14-,22-20-. The van der Waals surface area contributed by atoms with Crippen LogP contribution in [0.2, 0.25) is 0 Å². The molecule has 0 bridgehead atoms. The Hall–Kier alpha value is -1.66. The molecule has 0 aliphatic rings. The molecule has 0 heterocycles. The van der Waals surface area contributed by atoms with Crippen LogP contribution in [0, 0.1) is 0 Å². The Labute approximate surface area is 545 Å². The van der Waals surface area contributed by atoms with E-state index in [9.17, 15) is 19.8 Å². The summed E-state index contributed by atoms with van der Waals surface area (Å²) in [7, 11) is 0. The third-order valence-corrected chi connectivity index (χ3v) is 19.0. The number of carbonyl (C=O) groups is 2. The molecule has 1 amide bonds. The highest BCUT2D eigenvalue weighted by Gasteiger charge is 2.20. The van der Waals surface area contributed by atoms with Gasteiger partial charge in [0.15, 0.2) is 0 Å². The maximum Gasteiger partial charge on any atom is 0.305 e. The first-order chi connectivity index (χ1) is 43.0. The molecule has 6 heteroatoms. The van der Waals surface area contributed by atoms with Gasteiger partial charge < -0.3 is 20.3 Å². The van der Waals surface area contributed by atoms with Crippen molar-refractivity contribution in [3.8, 4) is 0 Å². The van der Waals surface area contributed by atoms with Crippen LogP contribution >= 0.6 is 0 Å². The molecule has 0 saturated carbocycles. The van der Waals surface area contributed by atoms with Gasteiger partial charge in [-0.3, -0.25) is 9.59 Å². The van der Waals surface area contributed by atoms with Gasteiger partial charge in [0.25, 0.3) is 0 Å². The van der Waals surface area contributed by atoms with Gasteiger partial charge in [-0.2, -0.15) is 0 Å². The highest BCUT2D eigenvalue weighted by atomic mass is 16.5. The molecule has 87 heavy (non-hydrogen) atoms. The number of nitrogens with one attached hydrogen (secondary N) is 1. The van der Waals surface area contributed by atoms with Crippen LogP contribution < -0.4 is 5.32 Å². The number of carbonyl (C=O) groups excluding carboxylic acids is 2. The van der Waals surface area contributed by atoms with E-state index in [1.165, 1.54) is 372 Å². The van der Waals surface area contributed by atoms with Crippen LogP contribution in [0.3, 0.4) is 0 Å². The highest BCUT2D eigenvalue weighted by molar-refractivity contribution is 5.76. The van der Waals surface area contributed by atoms with Crippen molar-refractivity contribution in [3.05, 3.63) is 24.3 Å². The third-order valence-electron chi connectivity index (χ3n) is 19.0. The van der Waals surface area contributed by atoms with Crippen molar-refractivity contribution in [1.82, 2.24) is 5.32 Å². The van der Waals surface area contributed by atoms with Gasteiger partial charge in [-0.1, -0.05) is 411 Å². The topological polar surface area (TPSA) is 95.9 Å². The van der Waals surface area contributed by atoms with E-state index in [1.54, 1.807) is 0 Å². The van der Waals surface area contributed by atoms with Gasteiger partial charge in [-0.15, -0.1) is 0 Å². The largest absolute Gasteiger partial charge is 0.466 e. The number of ether oxygens (including phenoxy) is 1. The molecule has 0 fully saturated rings. The Morgan fingerprint density at radius 2 is 0.575 bits per heavy atom. The maximum absolute atomic E-state index is 12.6. The Bertz CT molecular complexity index is 1360. The van der Waals surface area contributed by atoms with E-state index < -0.39 is 12.1 Å². The molecule has 0 aliphatic carbocycles. The first-order valence-corrected chi connectivity index (χ1v) is 40.1. The summed E-state index contributed by atoms with van der Waals surface area (Å²) < 4.78 is 5.51. The Kier molecular flexibility index (Phi) is 75.3. The van der Waals surface area contributed by atoms with Crippen molar-refractivity contribution in [2.45, 2.75) is 469 Å². The second-order valence-corrected chi connectivity index (χ2v) is 27.8. The molecule has 516 valence electrons. The molecule has 0 saturated heterocycles. The minimum absolute atomic E-state index is 0.0133. The van der Waals surface area contributed by atoms with Crippen LogP contribution in [0.4, 0.5) is 0 Å². The summed E-state index contributed by atoms with van der Waals surface area (Å²) in [5.41, 5.74) is 0. The Morgan fingerprint density at radius 3 is 0.885 bits per heavy atom. The van der Waals surface area contributed by atoms with E-state index in [1.807, 2.05) is 0 Å². The van der Waals surface area contributed by atoms with E-state index in [0.717, 1.165) is 51.4 Å². The fourth-order valence-corrected chi connectivity index (χ4v) is 12.9. The first kappa shape index (κ1) is 85.3. The lowest BCUT2D eigenvalue weighted by Gasteiger charge is -2.22. The maximum atomic E-state index is 12.6. The van der Waals surface area contributed by atoms with E-state index in [4.69, 9.17) is 4.74 Å². The predicted molar refractivity (Wildman–Crippen MR) is 384 cm³/mol. The summed E-state index contributed by atoms with van der Waals surface area (Å²) in [6, 6.07) is -0.540. The minimum atomic E-state index is -0.663. The summed E-state index contributed by atoms with van der Waals surface area (Å²) in [4.78, 5) is 24.7. The molecule has 0 radical (unpaired) electrons. The molecule has 0 aliphatic heterocycles. The highest BCUT2D eigenvalue weighted by Crippen LogP contribution is 2.20. The van der Waals surface area contributed by atoms with Gasteiger partial charge in [0.05, 0.1) is 25.4 Å². The molecule has 0 spiro atoms. The zero-order valence-corrected chi connectivity index (χ0v) is 59.3. The number of aliphatic hydroxyl groups excluding tert-OH is 2. The zero-order chi connectivity index (χ0) is 62.8. The van der Waals surface area contributed by atoms with Crippen molar-refractivity contribution in [2.24, 2.45) is 0 Å². The molecule has 0 aromatic heterocycles. The van der Waals surface area contributed by atoms with Crippen molar-refractivity contribution in [2.75, 3.05) is 13.2 Å². The van der Waals surface area contributed by atoms with Crippen molar-refractivity contribution < 1.29 is 24.5 Å². The molecule has 2 atom stereocenters. The van der Waals surface area contributed by atoms with Crippen LogP contribution in [-0.4, -0.2) is 47.4 Å². The van der Waals surface area contributed by atoms with Gasteiger partial charge >= 0.3 is 5.97 Å². The molecule has 0 aromatic rings. The number of rotatable bonds is 76. The number of unbranched alkanes of at least 4 members (excludes halogenated alkanes) is 61. The average Bonchev–Trinajstić information content (AvgIpc) is 3.53. The second-order valence-electron chi connectivity index (χ2n) is 27.8. The SMILES string of the molecule is CCCCCC/C=C\C/C=C\CCCCCCCCCC(=O)OCCCCCCCCCCCCCCCCCCCCCCCCCCCCCCCC(=O)NC(CO)C(O)CCCCCCCCCCCCCCCCCCCCCCCCC. The fourth-order valence-electron chi connectivity index (χ4n) is 12.9. The normalized spacial score (nSPS) is 12.6. The van der Waals surface area contributed by atoms with Crippen molar-refractivity contribution in [3.63, 3.8) is 0 Å². The summed E-state index contributed by atoms with van der Waals surface area (Å²) in [6.45, 7) is 4.99. The number of aliphatic hydroxyl groups is 2. The van der Waals surface area contributed by atoms with Crippen LogP contribution in [-0.2, 0) is 14.3 Å². The Balaban J connectivity index is 3.34. The summed E-state index contributed by atoms with van der Waals surface area (Å²) >= 11 is 0. The lowest BCUT2D eigenvalue weighted by Crippen LogP contribution is -2.45. The molecule has 2 unspecified atom stereocenters. The molecular weight excluding hydrogens is 1070 g/mol. The van der Waals surface area contributed by atoms with E-state index >= 15 is 0 Å². The predicted octanol–water partition coefficient (Wildman–Crippen LogP) is 26.4. The van der Waals surface area contributed by atoms with Gasteiger partial charge in [-0.05, 0) is 57.8 Å². The summed E-state index contributed by atoms with van der Waals surface area (Å²) in [6.07, 6.45) is 98.4. The fraction of sp³-hybridized carbons (Fsp3) is 0.926. The van der Waals surface area contributed by atoms with Crippen LogP contribution in [0.1, 0.15) is 457 Å². The number of allylic oxidation sites excluding steroid dienone is 4. The minimum Gasteiger partial charge on any atom is -0.466 e. The zero-order valence-electron chi connectivity index (χ0n) is 59.3. The Morgan fingerprint density at radius 1 is 0.322 bits per heavy atom. The number of hydrogen-bond donors (Lipinski definition) is 3. The number of esters is 1. The van der Waals surface area contributed by atoms with E-state index in [2.05, 4.69) is 43.5 Å². The van der Waals surface area contributed by atoms with E-state index in [-0.39, 0.29) is 18.5 Å². The molecule has 3 N–H and O–H groups in total. The van der Waals surface area contributed by atoms with Gasteiger partial charge in [0, 0.05) is 12.8 Å². The van der Waals surface area contributed by atoms with Crippen LogP contribution in [0.25, 0.3) is 0 Å². The van der Waals surface area contributed by atoms with Crippen LogP contribution in [0.5, 0.6) is 0 Å². The van der Waals surface area contributed by atoms with Gasteiger partial charge in [0.1, 0.15) is 0 Å². The first-order valence-electron chi connectivity index (χ1n) is 40.1. The lowest BCUT2D eigenvalue weighted by molar-refractivity contribution is -0.143. The molecule has 0 rings (SSSR count). The number of amides is 1. The molecular formula is C81H157NO5. The van der Waals surface area contributed by atoms with Gasteiger partial charge in [0.2, 0.25) is 5.91 Å². The average molecular weight is 1230 g/mol. The van der Waals surface area contributed by atoms with Crippen molar-refractivity contribution in [1.29, 1.82) is 0 Å². The third kappa shape index (κ3) is 73.3. The van der Waals surface area contributed by atoms with Crippen molar-refractivity contribution >= 4 is 11.9 Å². The van der Waals surface area contributed by atoms with Gasteiger partial charge in [-0.25, -0.2) is 0 Å². The molecule has 0 aromatic carbocycles.